The third-order valence-electron chi connectivity index (χ3n) is 3.30. The van der Waals surface area contributed by atoms with Gasteiger partial charge in [0.15, 0.2) is 0 Å². The minimum atomic E-state index is -0.156. The largest absolute Gasteiger partial charge is 0.320 e. The average molecular weight is 298 g/mol. The highest BCUT2D eigenvalue weighted by atomic mass is 32.2. The minimum Gasteiger partial charge on any atom is -0.320 e. The van der Waals surface area contributed by atoms with Gasteiger partial charge in [-0.25, -0.2) is 0 Å². The van der Waals surface area contributed by atoms with Gasteiger partial charge in [0.2, 0.25) is 5.91 Å². The number of thioether (sulfide) groups is 1. The first-order chi connectivity index (χ1) is 10.0. The first-order valence-electron chi connectivity index (χ1n) is 6.79. The molecule has 1 aliphatic rings. The van der Waals surface area contributed by atoms with Crippen LogP contribution >= 0.6 is 11.8 Å². The van der Waals surface area contributed by atoms with Crippen molar-refractivity contribution >= 4 is 17.7 Å². The summed E-state index contributed by atoms with van der Waals surface area (Å²) in [6.07, 6.45) is 0.323. The Bertz CT molecular complexity index is 638. The number of nitrogens with one attached hydrogen (secondary N) is 1. The molecular weight excluding hydrogens is 280 g/mol. The zero-order chi connectivity index (χ0) is 15.4. The van der Waals surface area contributed by atoms with Crippen LogP contribution in [0.1, 0.15) is 30.4 Å². The van der Waals surface area contributed by atoms with E-state index in [1.54, 1.807) is 0 Å². The van der Waals surface area contributed by atoms with Crippen molar-refractivity contribution < 1.29 is 4.79 Å². The van der Waals surface area contributed by atoms with Gasteiger partial charge in [-0.2, -0.15) is 5.26 Å². The van der Waals surface area contributed by atoms with E-state index in [0.717, 1.165) is 11.1 Å². The second-order valence-electron chi connectivity index (χ2n) is 5.32. The molecular formula is C17H18N2OS. The van der Waals surface area contributed by atoms with Crippen LogP contribution in [0.25, 0.3) is 0 Å². The van der Waals surface area contributed by atoms with Crippen molar-refractivity contribution in [3.05, 3.63) is 58.1 Å². The van der Waals surface area contributed by atoms with Crippen LogP contribution in [0, 0.1) is 18.3 Å². The van der Waals surface area contributed by atoms with E-state index < -0.39 is 0 Å². The fraction of sp³-hybridized carbons (Fsp3) is 0.294. The Kier molecular flexibility index (Phi) is 4.87. The molecule has 108 valence electrons. The number of hydrogen-bond donors (Lipinski definition) is 1. The molecule has 2 rings (SSSR count). The molecule has 1 heterocycles. The summed E-state index contributed by atoms with van der Waals surface area (Å²) >= 11 is 1.47. The van der Waals surface area contributed by atoms with Gasteiger partial charge in [0.05, 0.1) is 16.7 Å². The van der Waals surface area contributed by atoms with E-state index >= 15 is 0 Å². The Hall–Kier alpha value is -1.99. The lowest BCUT2D eigenvalue weighted by Gasteiger charge is -2.25. The highest BCUT2D eigenvalue weighted by Gasteiger charge is 2.29. The van der Waals surface area contributed by atoms with Crippen molar-refractivity contribution in [2.75, 3.05) is 5.75 Å². The van der Waals surface area contributed by atoms with Gasteiger partial charge in [-0.05, 0) is 19.4 Å². The fourth-order valence-electron chi connectivity index (χ4n) is 2.21. The van der Waals surface area contributed by atoms with Gasteiger partial charge in [0, 0.05) is 18.1 Å². The molecule has 1 aromatic carbocycles. The molecule has 0 aromatic heterocycles. The third-order valence-corrected chi connectivity index (χ3v) is 4.55. The first-order valence-corrected chi connectivity index (χ1v) is 7.77. The number of rotatable bonds is 4. The highest BCUT2D eigenvalue weighted by Crippen LogP contribution is 2.36. The Morgan fingerprint density at radius 1 is 1.48 bits per heavy atom. The molecule has 1 N–H and O–H groups in total. The molecule has 1 amide bonds. The van der Waals surface area contributed by atoms with Crippen LogP contribution < -0.4 is 5.32 Å². The van der Waals surface area contributed by atoms with Gasteiger partial charge in [-0.3, -0.25) is 4.79 Å². The second kappa shape index (κ2) is 6.64. The van der Waals surface area contributed by atoms with Crippen molar-refractivity contribution in [1.29, 1.82) is 5.26 Å². The smallest absolute Gasteiger partial charge is 0.225 e. The summed E-state index contributed by atoms with van der Waals surface area (Å²) < 4.78 is 0. The molecule has 4 heteroatoms. The quantitative estimate of drug-likeness (QED) is 0.863. The van der Waals surface area contributed by atoms with Crippen molar-refractivity contribution in [3.63, 3.8) is 0 Å². The second-order valence-corrected chi connectivity index (χ2v) is 6.30. The van der Waals surface area contributed by atoms with Gasteiger partial charge in [0.1, 0.15) is 0 Å². The molecule has 1 aliphatic heterocycles. The van der Waals surface area contributed by atoms with Gasteiger partial charge < -0.3 is 5.32 Å². The van der Waals surface area contributed by atoms with Crippen molar-refractivity contribution in [3.8, 4) is 6.07 Å². The number of amides is 1. The van der Waals surface area contributed by atoms with E-state index in [9.17, 15) is 10.1 Å². The summed E-state index contributed by atoms with van der Waals surface area (Å²) in [4.78, 5) is 11.9. The Morgan fingerprint density at radius 3 is 2.71 bits per heavy atom. The molecule has 0 spiro atoms. The van der Waals surface area contributed by atoms with Gasteiger partial charge in [-0.15, -0.1) is 11.8 Å². The molecule has 21 heavy (non-hydrogen) atoms. The van der Waals surface area contributed by atoms with Crippen LogP contribution in [0.5, 0.6) is 0 Å². The summed E-state index contributed by atoms with van der Waals surface area (Å²) in [5, 5.41) is 13.0. The Labute approximate surface area is 129 Å². The first kappa shape index (κ1) is 15.4. The molecule has 0 fully saturated rings. The minimum absolute atomic E-state index is 0.0382. The number of carbonyl (C=O) groups is 1. The number of nitrogens with zero attached hydrogens (tertiary/aromatic N) is 1. The van der Waals surface area contributed by atoms with Crippen molar-refractivity contribution in [2.24, 2.45) is 0 Å². The zero-order valence-electron chi connectivity index (χ0n) is 12.3. The van der Waals surface area contributed by atoms with Gasteiger partial charge in [-0.1, -0.05) is 42.0 Å². The van der Waals surface area contributed by atoms with E-state index in [0.29, 0.717) is 22.8 Å². The molecule has 0 radical (unpaired) electrons. The summed E-state index contributed by atoms with van der Waals surface area (Å²) in [5.41, 5.74) is 3.83. The van der Waals surface area contributed by atoms with E-state index in [4.69, 9.17) is 0 Å². The normalized spacial score (nSPS) is 18.1. The van der Waals surface area contributed by atoms with Crippen LogP contribution in [-0.2, 0) is 4.79 Å². The molecule has 0 aliphatic carbocycles. The van der Waals surface area contributed by atoms with Crippen LogP contribution in [0.15, 0.2) is 47.0 Å². The molecule has 1 aromatic rings. The van der Waals surface area contributed by atoms with Gasteiger partial charge in [0.25, 0.3) is 0 Å². The molecule has 0 saturated heterocycles. The Morgan fingerprint density at radius 2 is 2.14 bits per heavy atom. The van der Waals surface area contributed by atoms with Crippen LogP contribution in [0.4, 0.5) is 0 Å². The molecule has 1 atom stereocenters. The number of allylic oxidation sites excluding steroid dienone is 1. The topological polar surface area (TPSA) is 52.9 Å². The third kappa shape index (κ3) is 3.77. The van der Waals surface area contributed by atoms with Crippen molar-refractivity contribution in [2.45, 2.75) is 26.2 Å². The van der Waals surface area contributed by atoms with E-state index in [-0.39, 0.29) is 11.8 Å². The lowest BCUT2D eigenvalue weighted by molar-refractivity contribution is -0.120. The Balaban J connectivity index is 2.36. The molecule has 0 saturated carbocycles. The number of hydrogen-bond acceptors (Lipinski definition) is 3. The predicted molar refractivity (Wildman–Crippen MR) is 86.6 cm³/mol. The summed E-state index contributed by atoms with van der Waals surface area (Å²) in [7, 11) is 0. The average Bonchev–Trinajstić information content (AvgIpc) is 2.45. The SMILES string of the molecule is C=C(C)CSC1=C(C#N)[C@@H](c2ccc(C)cc2)CC(=O)N1. The van der Waals surface area contributed by atoms with Crippen LogP contribution in [0.3, 0.4) is 0 Å². The zero-order valence-corrected chi connectivity index (χ0v) is 13.1. The maximum atomic E-state index is 11.9. The monoisotopic (exact) mass is 298 g/mol. The maximum absolute atomic E-state index is 11.9. The predicted octanol–water partition coefficient (Wildman–Crippen LogP) is 3.64. The maximum Gasteiger partial charge on any atom is 0.225 e. The molecule has 0 unspecified atom stereocenters. The number of nitriles is 1. The summed E-state index contributed by atoms with van der Waals surface area (Å²) in [6, 6.07) is 10.3. The van der Waals surface area contributed by atoms with E-state index in [2.05, 4.69) is 18.0 Å². The lowest BCUT2D eigenvalue weighted by atomic mass is 9.87. The fourth-order valence-corrected chi connectivity index (χ4v) is 3.13. The van der Waals surface area contributed by atoms with Gasteiger partial charge >= 0.3 is 0 Å². The van der Waals surface area contributed by atoms with E-state index in [1.165, 1.54) is 17.3 Å². The summed E-state index contributed by atoms with van der Waals surface area (Å²) in [6.45, 7) is 7.81. The number of benzene rings is 1. The highest BCUT2D eigenvalue weighted by molar-refractivity contribution is 8.03. The molecule has 3 nitrogen and oxygen atoms in total. The molecule has 0 bridgehead atoms. The number of carbonyl (C=O) groups excluding carboxylic acids is 1. The summed E-state index contributed by atoms with van der Waals surface area (Å²) in [5.74, 6) is 0.502. The van der Waals surface area contributed by atoms with Crippen molar-refractivity contribution in [1.82, 2.24) is 5.32 Å². The number of aryl methyl sites for hydroxylation is 1. The van der Waals surface area contributed by atoms with E-state index in [1.807, 2.05) is 38.1 Å². The van der Waals surface area contributed by atoms with Crippen LogP contribution in [-0.4, -0.2) is 11.7 Å². The lowest BCUT2D eigenvalue weighted by Crippen LogP contribution is -2.31. The van der Waals surface area contributed by atoms with Crippen LogP contribution in [0.2, 0.25) is 0 Å². The standard InChI is InChI=1S/C17H18N2OS/c1-11(2)10-21-17-15(9-18)14(8-16(20)19-17)13-6-4-12(3)5-7-13/h4-7,14H,1,8,10H2,2-3H3,(H,19,20)/t14-/m1/s1.